The second-order valence-corrected chi connectivity index (χ2v) is 5.40. The number of hydrogen-bond donors (Lipinski definition) is 1. The van der Waals surface area contributed by atoms with Crippen LogP contribution >= 0.6 is 0 Å². The molecule has 1 rings (SSSR count). The zero-order valence-electron chi connectivity index (χ0n) is 10.8. The van der Waals surface area contributed by atoms with Gasteiger partial charge in [0.05, 0.1) is 12.5 Å². The summed E-state index contributed by atoms with van der Waals surface area (Å²) >= 11 is 0. The molecule has 0 radical (unpaired) electrons. The molecule has 1 heterocycles. The molecule has 0 amide bonds. The maximum atomic E-state index is 11.5. The zero-order valence-corrected chi connectivity index (χ0v) is 10.8. The molecule has 0 aromatic carbocycles. The molecule has 94 valence electrons. The van der Waals surface area contributed by atoms with E-state index in [1.807, 2.05) is 13.8 Å². The van der Waals surface area contributed by atoms with Gasteiger partial charge in [0, 0.05) is 25.3 Å². The summed E-state index contributed by atoms with van der Waals surface area (Å²) < 4.78 is 10.1. The van der Waals surface area contributed by atoms with Crippen molar-refractivity contribution in [2.75, 3.05) is 26.9 Å². The van der Waals surface area contributed by atoms with Gasteiger partial charge in [-0.3, -0.25) is 4.79 Å². The number of ether oxygens (including phenoxy) is 2. The summed E-state index contributed by atoms with van der Waals surface area (Å²) in [5.41, 5.74) is -0.389. The van der Waals surface area contributed by atoms with E-state index in [-0.39, 0.29) is 11.5 Å². The van der Waals surface area contributed by atoms with E-state index in [4.69, 9.17) is 9.47 Å². The second kappa shape index (κ2) is 5.15. The van der Waals surface area contributed by atoms with Crippen LogP contribution in [0.15, 0.2) is 0 Å². The van der Waals surface area contributed by atoms with Crippen LogP contribution < -0.4 is 5.32 Å². The van der Waals surface area contributed by atoms with Crippen molar-refractivity contribution in [3.8, 4) is 0 Å². The molecule has 0 bridgehead atoms. The van der Waals surface area contributed by atoms with E-state index in [1.54, 1.807) is 0 Å². The van der Waals surface area contributed by atoms with Crippen LogP contribution in [0.5, 0.6) is 0 Å². The largest absolute Gasteiger partial charge is 0.469 e. The van der Waals surface area contributed by atoms with Crippen molar-refractivity contribution in [2.24, 2.45) is 5.41 Å². The zero-order chi connectivity index (χ0) is 12.2. The first-order chi connectivity index (χ1) is 7.40. The first-order valence-electron chi connectivity index (χ1n) is 5.81. The molecule has 16 heavy (non-hydrogen) atoms. The van der Waals surface area contributed by atoms with Crippen LogP contribution in [-0.2, 0) is 14.3 Å². The molecule has 0 aromatic heterocycles. The Morgan fingerprint density at radius 2 is 2.00 bits per heavy atom. The third-order valence-electron chi connectivity index (χ3n) is 3.29. The summed E-state index contributed by atoms with van der Waals surface area (Å²) in [6, 6.07) is 0. The van der Waals surface area contributed by atoms with Crippen LogP contribution in [0, 0.1) is 5.41 Å². The summed E-state index contributed by atoms with van der Waals surface area (Å²) in [5, 5.41) is 3.47. The minimum Gasteiger partial charge on any atom is -0.469 e. The van der Waals surface area contributed by atoms with E-state index in [0.29, 0.717) is 6.54 Å². The highest BCUT2D eigenvalue weighted by molar-refractivity contribution is 5.76. The SMILES string of the molecule is COC(=O)C(C)(C)CNC1(C)CCOCC1. The Balaban J connectivity index is 2.46. The van der Waals surface area contributed by atoms with Crippen LogP contribution in [-0.4, -0.2) is 38.4 Å². The van der Waals surface area contributed by atoms with Crippen molar-refractivity contribution in [1.29, 1.82) is 0 Å². The minimum atomic E-state index is -0.476. The third-order valence-corrected chi connectivity index (χ3v) is 3.29. The van der Waals surface area contributed by atoms with Gasteiger partial charge in [-0.15, -0.1) is 0 Å². The van der Waals surface area contributed by atoms with Gasteiger partial charge in [0.15, 0.2) is 0 Å². The molecule has 0 saturated carbocycles. The smallest absolute Gasteiger partial charge is 0.312 e. The number of nitrogens with one attached hydrogen (secondary N) is 1. The lowest BCUT2D eigenvalue weighted by atomic mass is 9.88. The summed E-state index contributed by atoms with van der Waals surface area (Å²) in [5.74, 6) is -0.171. The Morgan fingerprint density at radius 3 is 2.50 bits per heavy atom. The lowest BCUT2D eigenvalue weighted by Crippen LogP contribution is -2.51. The molecule has 4 heteroatoms. The van der Waals surface area contributed by atoms with E-state index < -0.39 is 5.41 Å². The predicted octanol–water partition coefficient (Wildman–Crippen LogP) is 1.34. The standard InChI is InChI=1S/C12H23NO3/c1-11(2,10(14)15-4)9-13-12(3)5-7-16-8-6-12/h13H,5-9H2,1-4H3. The highest BCUT2D eigenvalue weighted by Gasteiger charge is 2.33. The fourth-order valence-electron chi connectivity index (χ4n) is 1.78. The molecular weight excluding hydrogens is 206 g/mol. The van der Waals surface area contributed by atoms with Crippen molar-refractivity contribution >= 4 is 5.97 Å². The van der Waals surface area contributed by atoms with Crippen molar-refractivity contribution < 1.29 is 14.3 Å². The molecule has 0 aromatic rings. The molecule has 0 aliphatic carbocycles. The third kappa shape index (κ3) is 3.46. The van der Waals surface area contributed by atoms with Gasteiger partial charge in [0.1, 0.15) is 0 Å². The van der Waals surface area contributed by atoms with Crippen LogP contribution in [0.1, 0.15) is 33.6 Å². The number of hydrogen-bond acceptors (Lipinski definition) is 4. The first-order valence-corrected chi connectivity index (χ1v) is 5.81. The van der Waals surface area contributed by atoms with Gasteiger partial charge >= 0.3 is 5.97 Å². The minimum absolute atomic E-state index is 0.0868. The Bertz CT molecular complexity index is 245. The highest BCUT2D eigenvalue weighted by Crippen LogP contribution is 2.23. The van der Waals surface area contributed by atoms with Crippen LogP contribution in [0.25, 0.3) is 0 Å². The lowest BCUT2D eigenvalue weighted by molar-refractivity contribution is -0.150. The maximum Gasteiger partial charge on any atom is 0.312 e. The van der Waals surface area contributed by atoms with Gasteiger partial charge in [0.2, 0.25) is 0 Å². The molecular formula is C12H23NO3. The molecule has 1 aliphatic rings. The number of methoxy groups -OCH3 is 1. The molecule has 1 aliphatic heterocycles. The van der Waals surface area contributed by atoms with Gasteiger partial charge in [0.25, 0.3) is 0 Å². The summed E-state index contributed by atoms with van der Waals surface area (Å²) in [6.07, 6.45) is 1.98. The Morgan fingerprint density at radius 1 is 1.44 bits per heavy atom. The number of carbonyl (C=O) groups is 1. The van der Waals surface area contributed by atoms with Gasteiger partial charge < -0.3 is 14.8 Å². The number of rotatable bonds is 4. The van der Waals surface area contributed by atoms with E-state index >= 15 is 0 Å². The molecule has 4 nitrogen and oxygen atoms in total. The summed E-state index contributed by atoms with van der Waals surface area (Å²) in [6.45, 7) is 8.20. The van der Waals surface area contributed by atoms with Crippen molar-refractivity contribution in [2.45, 2.75) is 39.2 Å². The molecule has 1 fully saturated rings. The average molecular weight is 229 g/mol. The van der Waals surface area contributed by atoms with Crippen LogP contribution in [0.4, 0.5) is 0 Å². The van der Waals surface area contributed by atoms with Gasteiger partial charge in [-0.1, -0.05) is 0 Å². The fraction of sp³-hybridized carbons (Fsp3) is 0.917. The van der Waals surface area contributed by atoms with E-state index in [1.165, 1.54) is 7.11 Å². The average Bonchev–Trinajstić information content (AvgIpc) is 2.27. The van der Waals surface area contributed by atoms with E-state index in [9.17, 15) is 4.79 Å². The van der Waals surface area contributed by atoms with Crippen molar-refractivity contribution in [3.05, 3.63) is 0 Å². The Labute approximate surface area is 97.7 Å². The normalized spacial score (nSPS) is 20.5. The maximum absolute atomic E-state index is 11.5. The molecule has 1 saturated heterocycles. The van der Waals surface area contributed by atoms with Gasteiger partial charge in [-0.05, 0) is 33.6 Å². The molecule has 0 spiro atoms. The molecule has 1 N–H and O–H groups in total. The molecule has 0 unspecified atom stereocenters. The topological polar surface area (TPSA) is 47.6 Å². The quantitative estimate of drug-likeness (QED) is 0.739. The number of esters is 1. The second-order valence-electron chi connectivity index (χ2n) is 5.40. The fourth-order valence-corrected chi connectivity index (χ4v) is 1.78. The molecule has 0 atom stereocenters. The van der Waals surface area contributed by atoms with E-state index in [0.717, 1.165) is 26.1 Å². The van der Waals surface area contributed by atoms with Crippen LogP contribution in [0.2, 0.25) is 0 Å². The van der Waals surface area contributed by atoms with E-state index in [2.05, 4.69) is 12.2 Å². The Kier molecular flexibility index (Phi) is 4.33. The van der Waals surface area contributed by atoms with Crippen LogP contribution in [0.3, 0.4) is 0 Å². The van der Waals surface area contributed by atoms with Gasteiger partial charge in [-0.2, -0.15) is 0 Å². The van der Waals surface area contributed by atoms with Crippen molar-refractivity contribution in [3.63, 3.8) is 0 Å². The Hall–Kier alpha value is -0.610. The monoisotopic (exact) mass is 229 g/mol. The summed E-state index contributed by atoms with van der Waals surface area (Å²) in [7, 11) is 1.43. The highest BCUT2D eigenvalue weighted by atomic mass is 16.5. The predicted molar refractivity (Wildman–Crippen MR) is 62.3 cm³/mol. The van der Waals surface area contributed by atoms with Crippen molar-refractivity contribution in [1.82, 2.24) is 5.32 Å². The van der Waals surface area contributed by atoms with Gasteiger partial charge in [-0.25, -0.2) is 0 Å². The number of carbonyl (C=O) groups excluding carboxylic acids is 1. The summed E-state index contributed by atoms with van der Waals surface area (Å²) in [4.78, 5) is 11.5. The first kappa shape index (κ1) is 13.5. The lowest BCUT2D eigenvalue weighted by Gasteiger charge is -2.37.